The Labute approximate surface area is 101 Å². The molecule has 0 aromatic carbocycles. The lowest BCUT2D eigenvalue weighted by atomic mass is 9.89. The molecule has 0 spiro atoms. The Morgan fingerprint density at radius 3 is 2.67 bits per heavy atom. The fraction of sp³-hybridized carbons (Fsp3) is 1.00. The first-order valence-electron chi connectivity index (χ1n) is 6.57. The average molecular weight is 229 g/mol. The molecule has 15 heavy (non-hydrogen) atoms. The smallest absolute Gasteiger partial charge is 0.00160 e. The van der Waals surface area contributed by atoms with Crippen LogP contribution in [-0.4, -0.2) is 30.3 Å². The van der Waals surface area contributed by atoms with Gasteiger partial charge in [0.1, 0.15) is 0 Å². The summed E-state index contributed by atoms with van der Waals surface area (Å²) in [7, 11) is 0. The molecule has 1 rings (SSSR count). The molecule has 0 aliphatic carbocycles. The van der Waals surface area contributed by atoms with Crippen LogP contribution in [0.25, 0.3) is 0 Å². The van der Waals surface area contributed by atoms with Crippen LogP contribution in [0.1, 0.15) is 46.0 Å². The lowest BCUT2D eigenvalue weighted by Gasteiger charge is -2.21. The van der Waals surface area contributed by atoms with Crippen LogP contribution in [0.2, 0.25) is 0 Å². The molecule has 0 radical (unpaired) electrons. The number of thiol groups is 1. The summed E-state index contributed by atoms with van der Waals surface area (Å²) in [6, 6.07) is 0. The number of hydrogen-bond donors (Lipinski definition) is 1. The topological polar surface area (TPSA) is 3.24 Å². The van der Waals surface area contributed by atoms with E-state index < -0.39 is 0 Å². The standard InChI is InChI=1S/C13H27NS/c1-12(2)13-6-5-9-14(10-7-13)8-3-4-11-15/h12-13,15H,3-11H2,1-2H3. The molecule has 1 fully saturated rings. The van der Waals surface area contributed by atoms with Crippen LogP contribution < -0.4 is 0 Å². The van der Waals surface area contributed by atoms with E-state index in [4.69, 9.17) is 0 Å². The Bertz CT molecular complexity index is 159. The molecule has 0 saturated carbocycles. The summed E-state index contributed by atoms with van der Waals surface area (Å²) in [5, 5.41) is 0. The van der Waals surface area contributed by atoms with E-state index in [9.17, 15) is 0 Å². The first-order chi connectivity index (χ1) is 7.24. The van der Waals surface area contributed by atoms with E-state index in [-0.39, 0.29) is 0 Å². The van der Waals surface area contributed by atoms with Crippen LogP contribution in [0, 0.1) is 11.8 Å². The fourth-order valence-electron chi connectivity index (χ4n) is 2.52. The van der Waals surface area contributed by atoms with Crippen molar-refractivity contribution in [3.63, 3.8) is 0 Å². The predicted octanol–water partition coefficient (Wildman–Crippen LogP) is 3.45. The van der Waals surface area contributed by atoms with E-state index in [1.54, 1.807) is 0 Å². The molecule has 2 heteroatoms. The molecule has 0 amide bonds. The van der Waals surface area contributed by atoms with Crippen LogP contribution in [0.5, 0.6) is 0 Å². The number of unbranched alkanes of at least 4 members (excludes halogenated alkanes) is 1. The van der Waals surface area contributed by atoms with Gasteiger partial charge in [0.2, 0.25) is 0 Å². The molecule has 0 bridgehead atoms. The summed E-state index contributed by atoms with van der Waals surface area (Å²) in [6.45, 7) is 8.71. The monoisotopic (exact) mass is 229 g/mol. The van der Waals surface area contributed by atoms with Crippen molar-refractivity contribution in [1.82, 2.24) is 4.90 Å². The molecule has 0 aromatic heterocycles. The van der Waals surface area contributed by atoms with Gasteiger partial charge >= 0.3 is 0 Å². The van der Waals surface area contributed by atoms with Gasteiger partial charge in [-0.25, -0.2) is 0 Å². The maximum atomic E-state index is 4.26. The van der Waals surface area contributed by atoms with Crippen molar-refractivity contribution in [3.8, 4) is 0 Å². The highest BCUT2D eigenvalue weighted by Crippen LogP contribution is 2.24. The van der Waals surface area contributed by atoms with Crippen LogP contribution in [0.15, 0.2) is 0 Å². The Hall–Kier alpha value is 0.310. The molecular weight excluding hydrogens is 202 g/mol. The van der Waals surface area contributed by atoms with Gasteiger partial charge in [-0.2, -0.15) is 12.6 Å². The number of likely N-dealkylation sites (tertiary alicyclic amines) is 1. The van der Waals surface area contributed by atoms with Gasteiger partial charge in [-0.05, 0) is 69.3 Å². The average Bonchev–Trinajstić information content (AvgIpc) is 2.44. The molecule has 0 aromatic rings. The highest BCUT2D eigenvalue weighted by atomic mass is 32.1. The zero-order chi connectivity index (χ0) is 11.1. The quantitative estimate of drug-likeness (QED) is 0.558. The third kappa shape index (κ3) is 5.26. The first-order valence-corrected chi connectivity index (χ1v) is 7.20. The second-order valence-electron chi connectivity index (χ2n) is 5.21. The second-order valence-corrected chi connectivity index (χ2v) is 5.65. The summed E-state index contributed by atoms with van der Waals surface area (Å²) >= 11 is 4.26. The van der Waals surface area contributed by atoms with Crippen LogP contribution in [0.3, 0.4) is 0 Å². The Kier molecular flexibility index (Phi) is 6.74. The summed E-state index contributed by atoms with van der Waals surface area (Å²) < 4.78 is 0. The molecule has 1 atom stereocenters. The highest BCUT2D eigenvalue weighted by molar-refractivity contribution is 7.80. The number of nitrogens with zero attached hydrogens (tertiary/aromatic N) is 1. The summed E-state index contributed by atoms with van der Waals surface area (Å²) in [4.78, 5) is 2.66. The maximum absolute atomic E-state index is 4.26. The minimum absolute atomic E-state index is 0.877. The molecule has 1 unspecified atom stereocenters. The molecule has 1 saturated heterocycles. The molecule has 1 aliphatic heterocycles. The van der Waals surface area contributed by atoms with Gasteiger partial charge in [0, 0.05) is 0 Å². The lowest BCUT2D eigenvalue weighted by molar-refractivity contribution is 0.268. The molecule has 1 nitrogen and oxygen atoms in total. The fourth-order valence-corrected chi connectivity index (χ4v) is 2.74. The molecular formula is C13H27NS. The van der Waals surface area contributed by atoms with E-state index in [2.05, 4.69) is 31.4 Å². The van der Waals surface area contributed by atoms with Crippen molar-refractivity contribution in [2.75, 3.05) is 25.4 Å². The lowest BCUT2D eigenvalue weighted by Crippen LogP contribution is -2.26. The first kappa shape index (κ1) is 13.4. The minimum Gasteiger partial charge on any atom is -0.303 e. The van der Waals surface area contributed by atoms with Crippen LogP contribution in [0.4, 0.5) is 0 Å². The van der Waals surface area contributed by atoms with Gasteiger partial charge < -0.3 is 4.90 Å². The van der Waals surface area contributed by atoms with Crippen molar-refractivity contribution in [1.29, 1.82) is 0 Å². The summed E-state index contributed by atoms with van der Waals surface area (Å²) in [5.74, 6) is 2.89. The second kappa shape index (κ2) is 7.56. The predicted molar refractivity (Wildman–Crippen MR) is 71.7 cm³/mol. The Balaban J connectivity index is 2.20. The van der Waals surface area contributed by atoms with E-state index in [0.717, 1.165) is 17.6 Å². The number of rotatable bonds is 5. The molecule has 90 valence electrons. The summed E-state index contributed by atoms with van der Waals surface area (Å²) in [6.07, 6.45) is 6.87. The van der Waals surface area contributed by atoms with E-state index in [1.807, 2.05) is 0 Å². The summed E-state index contributed by atoms with van der Waals surface area (Å²) in [5.41, 5.74) is 0. The normalized spacial score (nSPS) is 24.4. The minimum atomic E-state index is 0.877. The van der Waals surface area contributed by atoms with Gasteiger partial charge in [-0.3, -0.25) is 0 Å². The van der Waals surface area contributed by atoms with Crippen molar-refractivity contribution in [3.05, 3.63) is 0 Å². The molecule has 0 N–H and O–H groups in total. The van der Waals surface area contributed by atoms with Gasteiger partial charge in [-0.15, -0.1) is 0 Å². The largest absolute Gasteiger partial charge is 0.303 e. The highest BCUT2D eigenvalue weighted by Gasteiger charge is 2.18. The third-order valence-electron chi connectivity index (χ3n) is 3.69. The van der Waals surface area contributed by atoms with Gasteiger partial charge in [-0.1, -0.05) is 13.8 Å². The van der Waals surface area contributed by atoms with Crippen LogP contribution >= 0.6 is 12.6 Å². The van der Waals surface area contributed by atoms with E-state index >= 15 is 0 Å². The maximum Gasteiger partial charge on any atom is -0.00160 e. The number of hydrogen-bond acceptors (Lipinski definition) is 2. The molecule has 1 aliphatic rings. The van der Waals surface area contributed by atoms with Crippen molar-refractivity contribution in [2.24, 2.45) is 11.8 Å². The van der Waals surface area contributed by atoms with E-state index in [1.165, 1.54) is 51.7 Å². The molecule has 1 heterocycles. The van der Waals surface area contributed by atoms with Crippen molar-refractivity contribution in [2.45, 2.75) is 46.0 Å². The van der Waals surface area contributed by atoms with Crippen molar-refractivity contribution < 1.29 is 0 Å². The van der Waals surface area contributed by atoms with Gasteiger partial charge in [0.25, 0.3) is 0 Å². The Morgan fingerprint density at radius 1 is 1.20 bits per heavy atom. The Morgan fingerprint density at radius 2 is 2.00 bits per heavy atom. The van der Waals surface area contributed by atoms with E-state index in [0.29, 0.717) is 0 Å². The zero-order valence-electron chi connectivity index (χ0n) is 10.4. The van der Waals surface area contributed by atoms with Gasteiger partial charge in [0.05, 0.1) is 0 Å². The van der Waals surface area contributed by atoms with Crippen molar-refractivity contribution >= 4 is 12.6 Å². The van der Waals surface area contributed by atoms with Crippen LogP contribution in [-0.2, 0) is 0 Å². The zero-order valence-corrected chi connectivity index (χ0v) is 11.3. The SMILES string of the molecule is CC(C)C1CCCN(CCCCS)CC1. The van der Waals surface area contributed by atoms with Gasteiger partial charge in [0.15, 0.2) is 0 Å². The third-order valence-corrected chi connectivity index (χ3v) is 4.01.